The summed E-state index contributed by atoms with van der Waals surface area (Å²) in [6.07, 6.45) is 0.733. The van der Waals surface area contributed by atoms with Crippen LogP contribution in [0.15, 0.2) is 23.1 Å². The second-order valence-electron chi connectivity index (χ2n) is 5.49. The maximum absolute atomic E-state index is 12.4. The minimum Gasteiger partial charge on any atom is -0.337 e. The van der Waals surface area contributed by atoms with Gasteiger partial charge in [-0.15, -0.1) is 0 Å². The van der Waals surface area contributed by atoms with Crippen LogP contribution < -0.4 is 5.73 Å². The average Bonchev–Trinajstić information content (AvgIpc) is 2.99. The Bertz CT molecular complexity index is 759. The number of hydrogen-bond acceptors (Lipinski definition) is 5. The number of amides is 2. The number of rotatable bonds is 2. The quantitative estimate of drug-likeness (QED) is 0.827. The number of nitrogens with two attached hydrogens (primary N) is 1. The molecule has 1 aromatic carbocycles. The van der Waals surface area contributed by atoms with Crippen LogP contribution in [0.2, 0.25) is 0 Å². The molecule has 0 unspecified atom stereocenters. The summed E-state index contributed by atoms with van der Waals surface area (Å²) in [6.45, 7) is 2.69. The SMILES string of the molecule is CCN1C(=O)c2ccc(C(=O)N3CC[C@@H](N)C3)cc2S1(=O)=O. The van der Waals surface area contributed by atoms with E-state index in [1.54, 1.807) is 11.8 Å². The van der Waals surface area contributed by atoms with Crippen LogP contribution in [0.1, 0.15) is 34.1 Å². The third kappa shape index (κ3) is 2.10. The molecule has 0 bridgehead atoms. The molecular weight excluding hydrogens is 306 g/mol. The molecule has 7 nitrogen and oxygen atoms in total. The van der Waals surface area contributed by atoms with Gasteiger partial charge >= 0.3 is 0 Å². The predicted molar refractivity (Wildman–Crippen MR) is 78.8 cm³/mol. The minimum absolute atomic E-state index is 0.0423. The molecule has 1 saturated heterocycles. The molecule has 22 heavy (non-hydrogen) atoms. The molecule has 1 aromatic rings. The van der Waals surface area contributed by atoms with E-state index >= 15 is 0 Å². The van der Waals surface area contributed by atoms with E-state index in [1.165, 1.54) is 18.2 Å². The number of benzene rings is 1. The molecular formula is C14H17N3O4S. The molecule has 0 aromatic heterocycles. The van der Waals surface area contributed by atoms with Gasteiger partial charge in [0.2, 0.25) is 0 Å². The number of hydrogen-bond donors (Lipinski definition) is 1. The topological polar surface area (TPSA) is 101 Å². The maximum atomic E-state index is 12.4. The van der Waals surface area contributed by atoms with Gasteiger partial charge in [0.1, 0.15) is 4.90 Å². The lowest BCUT2D eigenvalue weighted by Crippen LogP contribution is -2.32. The Morgan fingerprint density at radius 1 is 1.41 bits per heavy atom. The summed E-state index contributed by atoms with van der Waals surface area (Å²) in [5.74, 6) is -0.798. The molecule has 118 valence electrons. The summed E-state index contributed by atoms with van der Waals surface area (Å²) in [5.41, 5.74) is 6.18. The van der Waals surface area contributed by atoms with Gasteiger partial charge in [-0.1, -0.05) is 0 Å². The van der Waals surface area contributed by atoms with Crippen LogP contribution in [-0.4, -0.2) is 55.1 Å². The Morgan fingerprint density at radius 2 is 2.14 bits per heavy atom. The van der Waals surface area contributed by atoms with Gasteiger partial charge in [-0.3, -0.25) is 9.59 Å². The fraction of sp³-hybridized carbons (Fsp3) is 0.429. The van der Waals surface area contributed by atoms with Gasteiger partial charge in [0.25, 0.3) is 21.8 Å². The van der Waals surface area contributed by atoms with Crippen LogP contribution in [-0.2, 0) is 10.0 Å². The molecule has 0 radical (unpaired) electrons. The second-order valence-corrected chi connectivity index (χ2v) is 7.32. The molecule has 0 spiro atoms. The highest BCUT2D eigenvalue weighted by Gasteiger charge is 2.40. The normalized spacial score (nSPS) is 23.0. The van der Waals surface area contributed by atoms with Crippen LogP contribution in [0, 0.1) is 0 Å². The lowest BCUT2D eigenvalue weighted by molar-refractivity contribution is 0.0789. The van der Waals surface area contributed by atoms with Crippen LogP contribution in [0.25, 0.3) is 0 Å². The minimum atomic E-state index is -3.85. The molecule has 3 rings (SSSR count). The lowest BCUT2D eigenvalue weighted by Gasteiger charge is -2.16. The van der Waals surface area contributed by atoms with Gasteiger partial charge < -0.3 is 10.6 Å². The van der Waals surface area contributed by atoms with Gasteiger partial charge in [-0.05, 0) is 31.5 Å². The van der Waals surface area contributed by atoms with E-state index < -0.39 is 15.9 Å². The molecule has 2 aliphatic rings. The molecule has 2 N–H and O–H groups in total. The molecule has 2 amide bonds. The summed E-state index contributed by atoms with van der Waals surface area (Å²) in [5, 5.41) is 0. The Morgan fingerprint density at radius 3 is 2.73 bits per heavy atom. The Labute approximate surface area is 128 Å². The standard InChI is InChI=1S/C14H17N3O4S/c1-2-17-14(19)11-4-3-9(7-12(11)22(17,20)21)13(18)16-6-5-10(15)8-16/h3-4,7,10H,2,5-6,8,15H2,1H3/t10-/m1/s1. The molecule has 2 heterocycles. The van der Waals surface area contributed by atoms with Crippen molar-refractivity contribution in [2.45, 2.75) is 24.3 Å². The summed E-state index contributed by atoms with van der Waals surface area (Å²) in [7, 11) is -3.85. The molecule has 0 aliphatic carbocycles. The van der Waals surface area contributed by atoms with Crippen LogP contribution in [0.4, 0.5) is 0 Å². The first-order chi connectivity index (χ1) is 10.4. The zero-order valence-electron chi connectivity index (χ0n) is 12.2. The first-order valence-corrected chi connectivity index (χ1v) is 8.56. The summed E-state index contributed by atoms with van der Waals surface area (Å²) >= 11 is 0. The van der Waals surface area contributed by atoms with Crippen molar-refractivity contribution in [2.75, 3.05) is 19.6 Å². The Hall–Kier alpha value is -1.93. The fourth-order valence-corrected chi connectivity index (χ4v) is 4.48. The smallest absolute Gasteiger partial charge is 0.268 e. The van der Waals surface area contributed by atoms with Gasteiger partial charge in [0.15, 0.2) is 0 Å². The molecule has 1 atom stereocenters. The van der Waals surface area contributed by atoms with Crippen molar-refractivity contribution >= 4 is 21.8 Å². The molecule has 2 aliphatic heterocycles. The van der Waals surface area contributed by atoms with E-state index in [9.17, 15) is 18.0 Å². The van der Waals surface area contributed by atoms with Gasteiger partial charge in [-0.2, -0.15) is 0 Å². The van der Waals surface area contributed by atoms with Crippen molar-refractivity contribution in [3.05, 3.63) is 29.3 Å². The van der Waals surface area contributed by atoms with Crippen molar-refractivity contribution in [3.63, 3.8) is 0 Å². The van der Waals surface area contributed by atoms with Crippen LogP contribution >= 0.6 is 0 Å². The highest BCUT2D eigenvalue weighted by Crippen LogP contribution is 2.31. The number of sulfonamides is 1. The highest BCUT2D eigenvalue weighted by molar-refractivity contribution is 7.90. The third-order valence-corrected chi connectivity index (χ3v) is 5.95. The Kier molecular flexibility index (Phi) is 3.45. The summed E-state index contributed by atoms with van der Waals surface area (Å²) in [4.78, 5) is 26.0. The van der Waals surface area contributed by atoms with Crippen LogP contribution in [0.3, 0.4) is 0 Å². The third-order valence-electron chi connectivity index (χ3n) is 4.05. The van der Waals surface area contributed by atoms with Gasteiger partial charge in [0.05, 0.1) is 5.56 Å². The van der Waals surface area contributed by atoms with E-state index in [0.717, 1.165) is 10.7 Å². The fourth-order valence-electron chi connectivity index (χ4n) is 2.88. The van der Waals surface area contributed by atoms with Gasteiger partial charge in [0, 0.05) is 31.2 Å². The first-order valence-electron chi connectivity index (χ1n) is 7.12. The number of carbonyl (C=O) groups is 2. The number of carbonyl (C=O) groups excluding carboxylic acids is 2. The zero-order valence-corrected chi connectivity index (χ0v) is 13.0. The van der Waals surface area contributed by atoms with E-state index in [2.05, 4.69) is 0 Å². The number of likely N-dealkylation sites (tertiary alicyclic amines) is 1. The predicted octanol–water partition coefficient (Wildman–Crippen LogP) is 0.0242. The number of fused-ring (bicyclic) bond motifs is 1. The molecule has 0 saturated carbocycles. The van der Waals surface area contributed by atoms with Crippen molar-refractivity contribution in [2.24, 2.45) is 5.73 Å². The lowest BCUT2D eigenvalue weighted by atomic mass is 10.1. The zero-order chi connectivity index (χ0) is 16.1. The van der Waals surface area contributed by atoms with E-state index in [4.69, 9.17) is 5.73 Å². The summed E-state index contributed by atoms with van der Waals surface area (Å²) < 4.78 is 25.5. The van der Waals surface area contributed by atoms with E-state index in [1.807, 2.05) is 0 Å². The first kappa shape index (κ1) is 15.0. The van der Waals surface area contributed by atoms with Crippen LogP contribution in [0.5, 0.6) is 0 Å². The monoisotopic (exact) mass is 323 g/mol. The average molecular weight is 323 g/mol. The second kappa shape index (κ2) is 5.06. The van der Waals surface area contributed by atoms with Crippen molar-refractivity contribution in [3.8, 4) is 0 Å². The van der Waals surface area contributed by atoms with E-state index in [0.29, 0.717) is 13.1 Å². The largest absolute Gasteiger partial charge is 0.337 e. The van der Waals surface area contributed by atoms with E-state index in [-0.39, 0.29) is 34.5 Å². The maximum Gasteiger partial charge on any atom is 0.268 e. The molecule has 1 fully saturated rings. The van der Waals surface area contributed by atoms with Crippen molar-refractivity contribution in [1.29, 1.82) is 0 Å². The highest BCUT2D eigenvalue weighted by atomic mass is 32.2. The molecule has 8 heteroatoms. The number of nitrogens with zero attached hydrogens (tertiary/aromatic N) is 2. The Balaban J connectivity index is 1.99. The van der Waals surface area contributed by atoms with Crippen molar-refractivity contribution < 1.29 is 18.0 Å². The summed E-state index contributed by atoms with van der Waals surface area (Å²) in [6, 6.07) is 4.16. The van der Waals surface area contributed by atoms with Crippen molar-refractivity contribution in [1.82, 2.24) is 9.21 Å². The van der Waals surface area contributed by atoms with Gasteiger partial charge in [-0.25, -0.2) is 12.7 Å².